The standard InChI is InChI=1S/C17H20ClN3O2S/c1-13-11-15(6-7-16(13)18)24(22,23)20-17-8-5-14(12-19-17)21-9-3-2-4-10-21/h5-8,11-12H,2-4,9-10H2,1H3,(H,19,20). The second-order valence-electron chi connectivity index (χ2n) is 5.97. The first kappa shape index (κ1) is 17.0. The number of nitrogens with one attached hydrogen (secondary N) is 1. The Hall–Kier alpha value is -1.79. The molecule has 24 heavy (non-hydrogen) atoms. The van der Waals surface area contributed by atoms with Crippen LogP contribution in [0.1, 0.15) is 24.8 Å². The van der Waals surface area contributed by atoms with Crippen molar-refractivity contribution in [1.82, 2.24) is 4.98 Å². The lowest BCUT2D eigenvalue weighted by Crippen LogP contribution is -2.29. The molecule has 0 unspecified atom stereocenters. The minimum atomic E-state index is -3.68. The lowest BCUT2D eigenvalue weighted by Gasteiger charge is -2.28. The molecule has 0 amide bonds. The topological polar surface area (TPSA) is 62.3 Å². The number of aryl methyl sites for hydroxylation is 1. The number of hydrogen-bond acceptors (Lipinski definition) is 4. The molecule has 1 aromatic heterocycles. The molecule has 3 rings (SSSR count). The molecule has 1 saturated heterocycles. The van der Waals surface area contributed by atoms with Gasteiger partial charge < -0.3 is 4.90 Å². The van der Waals surface area contributed by atoms with E-state index in [4.69, 9.17) is 11.6 Å². The van der Waals surface area contributed by atoms with Gasteiger partial charge in [0.2, 0.25) is 0 Å². The lowest BCUT2D eigenvalue weighted by molar-refractivity contribution is 0.577. The number of anilines is 2. The first-order chi connectivity index (χ1) is 11.5. The fourth-order valence-electron chi connectivity index (χ4n) is 2.77. The molecule has 2 aromatic rings. The van der Waals surface area contributed by atoms with Crippen molar-refractivity contribution >= 4 is 33.1 Å². The highest BCUT2D eigenvalue weighted by Crippen LogP contribution is 2.23. The van der Waals surface area contributed by atoms with Gasteiger partial charge >= 0.3 is 0 Å². The molecule has 128 valence electrons. The van der Waals surface area contributed by atoms with Gasteiger partial charge in [-0.15, -0.1) is 0 Å². The Labute approximate surface area is 147 Å². The van der Waals surface area contributed by atoms with Gasteiger partial charge in [-0.2, -0.15) is 0 Å². The summed E-state index contributed by atoms with van der Waals surface area (Å²) in [4.78, 5) is 6.69. The molecule has 0 aliphatic carbocycles. The van der Waals surface area contributed by atoms with E-state index in [2.05, 4.69) is 14.6 Å². The fraction of sp³-hybridized carbons (Fsp3) is 0.353. The zero-order chi connectivity index (χ0) is 17.2. The first-order valence-corrected chi connectivity index (χ1v) is 9.82. The van der Waals surface area contributed by atoms with Crippen LogP contribution in [0.4, 0.5) is 11.5 Å². The SMILES string of the molecule is Cc1cc(S(=O)(=O)Nc2ccc(N3CCCCC3)cn2)ccc1Cl. The Morgan fingerprint density at radius 2 is 1.88 bits per heavy atom. The predicted molar refractivity (Wildman–Crippen MR) is 97.3 cm³/mol. The molecule has 2 heterocycles. The van der Waals surface area contributed by atoms with Gasteiger partial charge in [-0.3, -0.25) is 4.72 Å². The molecule has 1 N–H and O–H groups in total. The quantitative estimate of drug-likeness (QED) is 0.894. The highest BCUT2D eigenvalue weighted by Gasteiger charge is 2.16. The van der Waals surface area contributed by atoms with Gasteiger partial charge in [0.15, 0.2) is 0 Å². The molecule has 5 nitrogen and oxygen atoms in total. The van der Waals surface area contributed by atoms with E-state index in [9.17, 15) is 8.42 Å². The summed E-state index contributed by atoms with van der Waals surface area (Å²) in [5, 5.41) is 0.540. The van der Waals surface area contributed by atoms with Gasteiger partial charge in [-0.1, -0.05) is 11.6 Å². The zero-order valence-corrected chi connectivity index (χ0v) is 15.1. The number of piperidine rings is 1. The number of aromatic nitrogens is 1. The summed E-state index contributed by atoms with van der Waals surface area (Å²) in [7, 11) is -3.68. The van der Waals surface area contributed by atoms with Crippen molar-refractivity contribution in [2.75, 3.05) is 22.7 Å². The van der Waals surface area contributed by atoms with Gasteiger partial charge in [0, 0.05) is 18.1 Å². The predicted octanol–water partition coefficient (Wildman–Crippen LogP) is 3.83. The van der Waals surface area contributed by atoms with Crippen molar-refractivity contribution in [3.63, 3.8) is 0 Å². The average Bonchev–Trinajstić information content (AvgIpc) is 2.58. The van der Waals surface area contributed by atoms with Crippen LogP contribution in [-0.2, 0) is 10.0 Å². The zero-order valence-electron chi connectivity index (χ0n) is 13.5. The molecular formula is C17H20ClN3O2S. The van der Waals surface area contributed by atoms with E-state index in [0.29, 0.717) is 16.4 Å². The van der Waals surface area contributed by atoms with Crippen LogP contribution in [0.2, 0.25) is 5.02 Å². The van der Waals surface area contributed by atoms with Crippen LogP contribution in [0.15, 0.2) is 41.4 Å². The molecule has 0 atom stereocenters. The van der Waals surface area contributed by atoms with Gasteiger partial charge in [-0.25, -0.2) is 13.4 Å². The summed E-state index contributed by atoms with van der Waals surface area (Å²) >= 11 is 5.95. The van der Waals surface area contributed by atoms with Crippen LogP contribution >= 0.6 is 11.6 Å². The molecule has 0 saturated carbocycles. The third-order valence-electron chi connectivity index (χ3n) is 4.15. The summed E-state index contributed by atoms with van der Waals surface area (Å²) in [6.07, 6.45) is 5.35. The second kappa shape index (κ2) is 6.99. The molecular weight excluding hydrogens is 346 g/mol. The second-order valence-corrected chi connectivity index (χ2v) is 8.06. The Balaban J connectivity index is 1.76. The number of benzene rings is 1. The van der Waals surface area contributed by atoms with E-state index in [1.54, 1.807) is 31.3 Å². The number of halogens is 1. The minimum absolute atomic E-state index is 0.173. The van der Waals surface area contributed by atoms with E-state index in [-0.39, 0.29) is 4.90 Å². The Bertz CT molecular complexity index is 816. The normalized spacial score (nSPS) is 15.3. The average molecular weight is 366 g/mol. The van der Waals surface area contributed by atoms with Crippen LogP contribution in [0.3, 0.4) is 0 Å². The number of pyridine rings is 1. The van der Waals surface area contributed by atoms with E-state index in [1.165, 1.54) is 25.3 Å². The van der Waals surface area contributed by atoms with Crippen molar-refractivity contribution < 1.29 is 8.42 Å². The van der Waals surface area contributed by atoms with E-state index in [1.807, 2.05) is 6.07 Å². The van der Waals surface area contributed by atoms with Crippen LogP contribution in [0, 0.1) is 6.92 Å². The summed E-state index contributed by atoms with van der Waals surface area (Å²) in [5.74, 6) is 0.309. The lowest BCUT2D eigenvalue weighted by atomic mass is 10.1. The molecule has 1 aromatic carbocycles. The van der Waals surface area contributed by atoms with Crippen molar-refractivity contribution in [2.45, 2.75) is 31.1 Å². The largest absolute Gasteiger partial charge is 0.370 e. The minimum Gasteiger partial charge on any atom is -0.370 e. The van der Waals surface area contributed by atoms with Crippen molar-refractivity contribution in [3.05, 3.63) is 47.1 Å². The maximum atomic E-state index is 12.4. The molecule has 7 heteroatoms. The highest BCUT2D eigenvalue weighted by atomic mass is 35.5. The molecule has 0 bridgehead atoms. The summed E-state index contributed by atoms with van der Waals surface area (Å²) < 4.78 is 27.4. The monoisotopic (exact) mass is 365 g/mol. The van der Waals surface area contributed by atoms with E-state index in [0.717, 1.165) is 18.8 Å². The van der Waals surface area contributed by atoms with Crippen molar-refractivity contribution in [3.8, 4) is 0 Å². The third-order valence-corrected chi connectivity index (χ3v) is 5.92. The maximum Gasteiger partial charge on any atom is 0.263 e. The molecule has 1 fully saturated rings. The third kappa shape index (κ3) is 3.82. The van der Waals surface area contributed by atoms with Gasteiger partial charge in [0.05, 0.1) is 16.8 Å². The smallest absolute Gasteiger partial charge is 0.263 e. The number of nitrogens with zero attached hydrogens (tertiary/aromatic N) is 2. The van der Waals surface area contributed by atoms with Crippen molar-refractivity contribution in [2.24, 2.45) is 0 Å². The van der Waals surface area contributed by atoms with Gasteiger partial charge in [-0.05, 0) is 62.1 Å². The molecule has 1 aliphatic rings. The number of rotatable bonds is 4. The number of sulfonamides is 1. The highest BCUT2D eigenvalue weighted by molar-refractivity contribution is 7.92. The Morgan fingerprint density at radius 1 is 1.12 bits per heavy atom. The van der Waals surface area contributed by atoms with Crippen LogP contribution in [-0.4, -0.2) is 26.5 Å². The summed E-state index contributed by atoms with van der Waals surface area (Å²) in [5.41, 5.74) is 1.74. The van der Waals surface area contributed by atoms with Gasteiger partial charge in [0.1, 0.15) is 5.82 Å². The Kier molecular flexibility index (Phi) is 4.96. The van der Waals surface area contributed by atoms with E-state index < -0.39 is 10.0 Å². The molecule has 0 spiro atoms. The van der Waals surface area contributed by atoms with Gasteiger partial charge in [0.25, 0.3) is 10.0 Å². The van der Waals surface area contributed by atoms with Crippen LogP contribution in [0.25, 0.3) is 0 Å². The first-order valence-electron chi connectivity index (χ1n) is 7.96. The molecule has 1 aliphatic heterocycles. The summed E-state index contributed by atoms with van der Waals surface area (Å²) in [6.45, 7) is 3.82. The Morgan fingerprint density at radius 3 is 2.50 bits per heavy atom. The fourth-order valence-corrected chi connectivity index (χ4v) is 3.98. The van der Waals surface area contributed by atoms with Crippen molar-refractivity contribution in [1.29, 1.82) is 0 Å². The number of hydrogen-bond donors (Lipinski definition) is 1. The maximum absolute atomic E-state index is 12.4. The van der Waals surface area contributed by atoms with E-state index >= 15 is 0 Å². The molecule has 0 radical (unpaired) electrons. The van der Waals surface area contributed by atoms with Crippen LogP contribution < -0.4 is 9.62 Å². The summed E-state index contributed by atoms with van der Waals surface area (Å²) in [6, 6.07) is 8.22. The van der Waals surface area contributed by atoms with Crippen LogP contribution in [0.5, 0.6) is 0 Å².